The van der Waals surface area contributed by atoms with Crippen LogP contribution in [0, 0.1) is 0 Å². The maximum atomic E-state index is 12.3. The van der Waals surface area contributed by atoms with E-state index in [0.29, 0.717) is 6.42 Å². The number of nitrogens with one attached hydrogen (secondary N) is 1. The zero-order valence-corrected chi connectivity index (χ0v) is 9.69. The Kier molecular flexibility index (Phi) is 2.02. The number of rotatable bonds is 0. The summed E-state index contributed by atoms with van der Waals surface area (Å²) in [7, 11) is 1.53. The summed E-state index contributed by atoms with van der Waals surface area (Å²) in [6, 6.07) is 7.58. The molecule has 17 heavy (non-hydrogen) atoms. The Morgan fingerprint density at radius 3 is 2.76 bits per heavy atom. The van der Waals surface area contributed by atoms with Crippen LogP contribution in [-0.4, -0.2) is 23.9 Å². The Morgan fingerprint density at radius 2 is 2.06 bits per heavy atom. The molecule has 1 aliphatic carbocycles. The highest BCUT2D eigenvalue weighted by atomic mass is 16.2. The molecule has 1 aromatic carbocycles. The van der Waals surface area contributed by atoms with Crippen LogP contribution in [0.25, 0.3) is 0 Å². The fraction of sp³-hybridized carbons (Fsp3) is 0.385. The molecule has 1 unspecified atom stereocenters. The number of benzene rings is 1. The second kappa shape index (κ2) is 3.32. The molecule has 0 radical (unpaired) electrons. The molecule has 3 amide bonds. The van der Waals surface area contributed by atoms with E-state index in [1.165, 1.54) is 17.5 Å². The molecule has 88 valence electrons. The van der Waals surface area contributed by atoms with Crippen molar-refractivity contribution < 1.29 is 9.59 Å². The zero-order valence-electron chi connectivity index (χ0n) is 9.69. The maximum Gasteiger partial charge on any atom is 0.325 e. The first-order chi connectivity index (χ1) is 8.15. The first-order valence-corrected chi connectivity index (χ1v) is 5.84. The van der Waals surface area contributed by atoms with Crippen molar-refractivity contribution in [2.45, 2.75) is 24.8 Å². The largest absolute Gasteiger partial charge is 0.325 e. The van der Waals surface area contributed by atoms with Crippen molar-refractivity contribution in [3.63, 3.8) is 0 Å². The Morgan fingerprint density at radius 1 is 1.29 bits per heavy atom. The number of fused-ring (bicyclic) bond motifs is 2. The van der Waals surface area contributed by atoms with Gasteiger partial charge in [-0.15, -0.1) is 0 Å². The van der Waals surface area contributed by atoms with E-state index in [-0.39, 0.29) is 11.9 Å². The lowest BCUT2D eigenvalue weighted by Gasteiger charge is -2.33. The zero-order chi connectivity index (χ0) is 12.0. The molecule has 0 saturated carbocycles. The van der Waals surface area contributed by atoms with Crippen LogP contribution in [0.4, 0.5) is 4.79 Å². The van der Waals surface area contributed by atoms with Gasteiger partial charge >= 0.3 is 6.03 Å². The summed E-state index contributed by atoms with van der Waals surface area (Å²) >= 11 is 0. The first kappa shape index (κ1) is 10.3. The fourth-order valence-corrected chi connectivity index (χ4v) is 2.88. The second-order valence-electron chi connectivity index (χ2n) is 4.71. The molecular formula is C13H14N2O2. The average Bonchev–Trinajstić information content (AvgIpc) is 2.56. The molecule has 1 saturated heterocycles. The minimum Gasteiger partial charge on any atom is -0.319 e. The average molecular weight is 230 g/mol. The third-order valence-corrected chi connectivity index (χ3v) is 3.77. The fourth-order valence-electron chi connectivity index (χ4n) is 2.88. The van der Waals surface area contributed by atoms with Crippen LogP contribution in [0.5, 0.6) is 0 Å². The Labute approximate surface area is 99.6 Å². The maximum absolute atomic E-state index is 12.3. The van der Waals surface area contributed by atoms with Gasteiger partial charge in [-0.3, -0.25) is 9.69 Å². The molecular weight excluding hydrogens is 216 g/mol. The van der Waals surface area contributed by atoms with Crippen molar-refractivity contribution in [1.82, 2.24) is 10.2 Å². The summed E-state index contributed by atoms with van der Waals surface area (Å²) in [5.74, 6) is -0.130. The van der Waals surface area contributed by atoms with E-state index in [4.69, 9.17) is 0 Å². The van der Waals surface area contributed by atoms with E-state index in [2.05, 4.69) is 5.32 Å². The number of amides is 3. The summed E-state index contributed by atoms with van der Waals surface area (Å²) < 4.78 is 0. The SMILES string of the molecule is CN1C(=O)NC2(CCCc3ccccc32)C1=O. The van der Waals surface area contributed by atoms with Crippen molar-refractivity contribution >= 4 is 11.9 Å². The Balaban J connectivity index is 2.17. The van der Waals surface area contributed by atoms with Crippen LogP contribution in [0.1, 0.15) is 24.0 Å². The topological polar surface area (TPSA) is 49.4 Å². The molecule has 1 N–H and O–H groups in total. The minimum absolute atomic E-state index is 0.130. The molecule has 1 atom stereocenters. The molecule has 0 bridgehead atoms. The number of likely N-dealkylation sites (N-methyl/N-ethyl adjacent to an activating group) is 1. The van der Waals surface area contributed by atoms with E-state index < -0.39 is 5.54 Å². The lowest BCUT2D eigenvalue weighted by atomic mass is 9.76. The summed E-state index contributed by atoms with van der Waals surface area (Å²) in [4.78, 5) is 25.1. The molecule has 0 aromatic heterocycles. The van der Waals surface area contributed by atoms with Crippen molar-refractivity contribution in [3.05, 3.63) is 35.4 Å². The number of hydrogen-bond donors (Lipinski definition) is 1. The normalized spacial score (nSPS) is 27.2. The smallest absolute Gasteiger partial charge is 0.319 e. The van der Waals surface area contributed by atoms with Crippen molar-refractivity contribution in [3.8, 4) is 0 Å². The lowest BCUT2D eigenvalue weighted by Crippen LogP contribution is -2.46. The highest BCUT2D eigenvalue weighted by molar-refractivity contribution is 6.07. The van der Waals surface area contributed by atoms with Gasteiger partial charge in [-0.2, -0.15) is 0 Å². The van der Waals surface area contributed by atoms with Crippen molar-refractivity contribution in [2.24, 2.45) is 0 Å². The number of hydrogen-bond acceptors (Lipinski definition) is 2. The molecule has 4 heteroatoms. The highest BCUT2D eigenvalue weighted by Crippen LogP contribution is 2.39. The van der Waals surface area contributed by atoms with Gasteiger partial charge < -0.3 is 5.32 Å². The summed E-state index contributed by atoms with van der Waals surface area (Å²) in [6.45, 7) is 0. The van der Waals surface area contributed by atoms with Gasteiger partial charge in [0, 0.05) is 7.05 Å². The Hall–Kier alpha value is -1.84. The highest BCUT2D eigenvalue weighted by Gasteiger charge is 2.52. The number of carbonyl (C=O) groups is 2. The van der Waals surface area contributed by atoms with Gasteiger partial charge in [0.05, 0.1) is 0 Å². The van der Waals surface area contributed by atoms with Crippen LogP contribution in [-0.2, 0) is 16.8 Å². The van der Waals surface area contributed by atoms with Gasteiger partial charge in [-0.1, -0.05) is 24.3 Å². The molecule has 3 rings (SSSR count). The number of imide groups is 1. The molecule has 4 nitrogen and oxygen atoms in total. The first-order valence-electron chi connectivity index (χ1n) is 5.84. The second-order valence-corrected chi connectivity index (χ2v) is 4.71. The number of aryl methyl sites for hydroxylation is 1. The van der Waals surface area contributed by atoms with Crippen LogP contribution in [0.3, 0.4) is 0 Å². The number of nitrogens with zero attached hydrogens (tertiary/aromatic N) is 1. The van der Waals surface area contributed by atoms with E-state index in [1.54, 1.807) is 0 Å². The van der Waals surface area contributed by atoms with Crippen LogP contribution in [0.2, 0.25) is 0 Å². The molecule has 1 spiro atoms. The van der Waals surface area contributed by atoms with Crippen LogP contribution < -0.4 is 5.32 Å². The number of carbonyl (C=O) groups excluding carboxylic acids is 2. The van der Waals surface area contributed by atoms with Gasteiger partial charge in [-0.25, -0.2) is 4.79 Å². The van der Waals surface area contributed by atoms with Gasteiger partial charge in [0.25, 0.3) is 5.91 Å². The summed E-state index contributed by atoms with van der Waals surface area (Å²) in [5, 5.41) is 2.86. The minimum atomic E-state index is -0.805. The predicted molar refractivity (Wildman–Crippen MR) is 62.4 cm³/mol. The van der Waals surface area contributed by atoms with E-state index in [0.717, 1.165) is 18.4 Å². The third-order valence-electron chi connectivity index (χ3n) is 3.77. The third kappa shape index (κ3) is 1.24. The summed E-state index contributed by atoms with van der Waals surface area (Å²) in [6.07, 6.45) is 2.60. The number of urea groups is 1. The van der Waals surface area contributed by atoms with Gasteiger partial charge in [0.15, 0.2) is 0 Å². The van der Waals surface area contributed by atoms with Gasteiger partial charge in [-0.05, 0) is 30.4 Å². The molecule has 1 fully saturated rings. The van der Waals surface area contributed by atoms with Crippen LogP contribution >= 0.6 is 0 Å². The monoisotopic (exact) mass is 230 g/mol. The van der Waals surface area contributed by atoms with Crippen molar-refractivity contribution in [1.29, 1.82) is 0 Å². The van der Waals surface area contributed by atoms with E-state index in [1.807, 2.05) is 24.3 Å². The molecule has 1 aromatic rings. The summed E-state index contributed by atoms with van der Waals surface area (Å²) in [5.41, 5.74) is 1.33. The molecule has 1 aliphatic heterocycles. The molecule has 2 aliphatic rings. The van der Waals surface area contributed by atoms with E-state index >= 15 is 0 Å². The van der Waals surface area contributed by atoms with Gasteiger partial charge in [0.2, 0.25) is 0 Å². The quantitative estimate of drug-likeness (QED) is 0.685. The van der Waals surface area contributed by atoms with Gasteiger partial charge in [0.1, 0.15) is 5.54 Å². The van der Waals surface area contributed by atoms with Crippen LogP contribution in [0.15, 0.2) is 24.3 Å². The Bertz CT molecular complexity index is 512. The van der Waals surface area contributed by atoms with Crippen molar-refractivity contribution in [2.75, 3.05) is 7.05 Å². The van der Waals surface area contributed by atoms with E-state index in [9.17, 15) is 9.59 Å². The predicted octanol–water partition coefficient (Wildman–Crippen LogP) is 1.40. The lowest BCUT2D eigenvalue weighted by molar-refractivity contribution is -0.131. The molecule has 1 heterocycles. The standard InChI is InChI=1S/C13H14N2O2/c1-15-11(16)13(14-12(15)17)8-4-6-9-5-2-3-7-10(9)13/h2-3,5,7H,4,6,8H2,1H3,(H,14,17).